The first-order valence-corrected chi connectivity index (χ1v) is 12.6. The SMILES string of the molecule is CCCCOc1ccc(C(=O)Oc2ccc(C=NNC(=O)c3ccc(-n4c(C)ccc4C)cc3)cc2)cc1. The van der Waals surface area contributed by atoms with Gasteiger partial charge >= 0.3 is 5.97 Å². The van der Waals surface area contributed by atoms with E-state index in [0.29, 0.717) is 23.5 Å². The number of carbonyl (C=O) groups is 2. The van der Waals surface area contributed by atoms with E-state index in [0.717, 1.165) is 41.2 Å². The predicted molar refractivity (Wildman–Crippen MR) is 149 cm³/mol. The van der Waals surface area contributed by atoms with Gasteiger partial charge in [0, 0.05) is 22.6 Å². The number of nitrogens with zero attached hydrogens (tertiary/aromatic N) is 2. The third-order valence-electron chi connectivity index (χ3n) is 5.99. The van der Waals surface area contributed by atoms with Crippen LogP contribution in [0.2, 0.25) is 0 Å². The Morgan fingerprint density at radius 3 is 2.05 bits per heavy atom. The Hall–Kier alpha value is -4.65. The lowest BCUT2D eigenvalue weighted by Crippen LogP contribution is -2.17. The molecular formula is C31H31N3O4. The van der Waals surface area contributed by atoms with Crippen LogP contribution in [0.15, 0.2) is 90.0 Å². The van der Waals surface area contributed by atoms with Crippen LogP contribution in [0.3, 0.4) is 0 Å². The molecule has 0 bridgehead atoms. The molecule has 0 fully saturated rings. The van der Waals surface area contributed by atoms with E-state index in [1.54, 1.807) is 60.7 Å². The maximum Gasteiger partial charge on any atom is 0.343 e. The van der Waals surface area contributed by atoms with E-state index < -0.39 is 5.97 Å². The van der Waals surface area contributed by atoms with Crippen LogP contribution >= 0.6 is 0 Å². The number of amides is 1. The van der Waals surface area contributed by atoms with Gasteiger partial charge in [0.05, 0.1) is 18.4 Å². The summed E-state index contributed by atoms with van der Waals surface area (Å²) < 4.78 is 13.2. The zero-order chi connectivity index (χ0) is 26.9. The zero-order valence-electron chi connectivity index (χ0n) is 21.8. The van der Waals surface area contributed by atoms with Gasteiger partial charge in [0.1, 0.15) is 11.5 Å². The van der Waals surface area contributed by atoms with Gasteiger partial charge in [-0.15, -0.1) is 0 Å². The molecule has 0 aliphatic heterocycles. The van der Waals surface area contributed by atoms with Crippen molar-refractivity contribution in [3.05, 3.63) is 113 Å². The van der Waals surface area contributed by atoms with Crippen molar-refractivity contribution < 1.29 is 19.1 Å². The van der Waals surface area contributed by atoms with Crippen LogP contribution < -0.4 is 14.9 Å². The van der Waals surface area contributed by atoms with Crippen LogP contribution in [0.4, 0.5) is 0 Å². The van der Waals surface area contributed by atoms with E-state index >= 15 is 0 Å². The van der Waals surface area contributed by atoms with Crippen LogP contribution in [0, 0.1) is 13.8 Å². The highest BCUT2D eigenvalue weighted by molar-refractivity contribution is 5.95. The third kappa shape index (κ3) is 6.76. The van der Waals surface area contributed by atoms with Crippen LogP contribution in [-0.2, 0) is 0 Å². The summed E-state index contributed by atoms with van der Waals surface area (Å²) in [4.78, 5) is 24.9. The van der Waals surface area contributed by atoms with Gasteiger partial charge in [-0.05, 0) is 111 Å². The lowest BCUT2D eigenvalue weighted by molar-refractivity contribution is 0.0734. The van der Waals surface area contributed by atoms with E-state index in [4.69, 9.17) is 9.47 Å². The molecule has 0 unspecified atom stereocenters. The topological polar surface area (TPSA) is 81.9 Å². The smallest absolute Gasteiger partial charge is 0.343 e. The number of nitrogens with one attached hydrogen (secondary N) is 1. The Kier molecular flexibility index (Phi) is 8.72. The molecule has 0 saturated heterocycles. The van der Waals surface area contributed by atoms with E-state index in [1.165, 1.54) is 6.21 Å². The lowest BCUT2D eigenvalue weighted by atomic mass is 10.2. The first-order chi connectivity index (χ1) is 18.4. The monoisotopic (exact) mass is 509 g/mol. The molecular weight excluding hydrogens is 478 g/mol. The molecule has 194 valence electrons. The molecule has 1 N–H and O–H groups in total. The molecule has 0 radical (unpaired) electrons. The lowest BCUT2D eigenvalue weighted by Gasteiger charge is -2.10. The first-order valence-electron chi connectivity index (χ1n) is 12.6. The molecule has 3 aromatic carbocycles. The summed E-state index contributed by atoms with van der Waals surface area (Å²) in [5.41, 5.74) is 7.49. The Balaban J connectivity index is 1.28. The van der Waals surface area contributed by atoms with Gasteiger partial charge in [-0.1, -0.05) is 13.3 Å². The van der Waals surface area contributed by atoms with Crippen molar-refractivity contribution in [2.24, 2.45) is 5.10 Å². The second-order valence-corrected chi connectivity index (χ2v) is 8.88. The quantitative estimate of drug-likeness (QED) is 0.0900. The van der Waals surface area contributed by atoms with Crippen molar-refractivity contribution in [1.82, 2.24) is 9.99 Å². The van der Waals surface area contributed by atoms with Crippen molar-refractivity contribution in [3.8, 4) is 17.2 Å². The summed E-state index contributed by atoms with van der Waals surface area (Å²) in [6.07, 6.45) is 3.58. The van der Waals surface area contributed by atoms with Crippen molar-refractivity contribution in [3.63, 3.8) is 0 Å². The Morgan fingerprint density at radius 2 is 1.42 bits per heavy atom. The minimum Gasteiger partial charge on any atom is -0.494 e. The number of aromatic nitrogens is 1. The van der Waals surface area contributed by atoms with Crippen LogP contribution in [0.25, 0.3) is 5.69 Å². The molecule has 1 heterocycles. The minimum absolute atomic E-state index is 0.305. The summed E-state index contributed by atoms with van der Waals surface area (Å²) in [5.74, 6) is 0.380. The van der Waals surface area contributed by atoms with Gasteiger partial charge < -0.3 is 14.0 Å². The maximum atomic E-state index is 12.5. The highest BCUT2D eigenvalue weighted by atomic mass is 16.5. The van der Waals surface area contributed by atoms with Crippen molar-refractivity contribution in [2.75, 3.05) is 6.61 Å². The average Bonchev–Trinajstić information content (AvgIpc) is 3.27. The number of carbonyl (C=O) groups excluding carboxylic acids is 2. The molecule has 4 aromatic rings. The van der Waals surface area contributed by atoms with E-state index in [9.17, 15) is 9.59 Å². The second-order valence-electron chi connectivity index (χ2n) is 8.88. The number of hydrogen-bond donors (Lipinski definition) is 1. The normalized spacial score (nSPS) is 10.9. The number of aryl methyl sites for hydroxylation is 2. The fourth-order valence-electron chi connectivity index (χ4n) is 3.88. The summed E-state index contributed by atoms with van der Waals surface area (Å²) in [6, 6.07) is 25.2. The van der Waals surface area contributed by atoms with Gasteiger partial charge in [-0.25, -0.2) is 10.2 Å². The van der Waals surface area contributed by atoms with Gasteiger partial charge in [-0.2, -0.15) is 5.10 Å². The second kappa shape index (κ2) is 12.5. The molecule has 0 spiro atoms. The number of ether oxygens (including phenoxy) is 2. The number of rotatable bonds is 10. The van der Waals surface area contributed by atoms with Crippen molar-refractivity contribution in [2.45, 2.75) is 33.6 Å². The number of esters is 1. The number of hydrazone groups is 1. The molecule has 4 rings (SSSR count). The van der Waals surface area contributed by atoms with E-state index in [-0.39, 0.29) is 5.91 Å². The molecule has 7 nitrogen and oxygen atoms in total. The first kappa shape index (κ1) is 26.4. The Labute approximate surface area is 222 Å². The fourth-order valence-corrected chi connectivity index (χ4v) is 3.88. The van der Waals surface area contributed by atoms with Crippen LogP contribution in [0.1, 0.15) is 57.4 Å². The predicted octanol–water partition coefficient (Wildman–Crippen LogP) is 6.26. The highest BCUT2D eigenvalue weighted by Gasteiger charge is 2.10. The van der Waals surface area contributed by atoms with E-state index in [2.05, 4.69) is 34.2 Å². The van der Waals surface area contributed by atoms with E-state index in [1.807, 2.05) is 26.0 Å². The number of benzene rings is 3. The summed E-state index contributed by atoms with van der Waals surface area (Å²) in [5, 5.41) is 4.04. The summed E-state index contributed by atoms with van der Waals surface area (Å²) >= 11 is 0. The Bertz CT molecular complexity index is 1380. The summed E-state index contributed by atoms with van der Waals surface area (Å²) in [7, 11) is 0. The third-order valence-corrected chi connectivity index (χ3v) is 5.99. The molecule has 1 aromatic heterocycles. The van der Waals surface area contributed by atoms with Gasteiger partial charge in [0.25, 0.3) is 5.91 Å². The zero-order valence-corrected chi connectivity index (χ0v) is 21.8. The van der Waals surface area contributed by atoms with Crippen LogP contribution in [0.5, 0.6) is 11.5 Å². The molecule has 0 aliphatic carbocycles. The van der Waals surface area contributed by atoms with Crippen LogP contribution in [-0.4, -0.2) is 29.3 Å². The largest absolute Gasteiger partial charge is 0.494 e. The maximum absolute atomic E-state index is 12.5. The van der Waals surface area contributed by atoms with Gasteiger partial charge in [0.15, 0.2) is 0 Å². The van der Waals surface area contributed by atoms with Crippen molar-refractivity contribution >= 4 is 18.1 Å². The number of unbranched alkanes of at least 4 members (excludes halogenated alkanes) is 1. The van der Waals surface area contributed by atoms with Gasteiger partial charge in [0.2, 0.25) is 0 Å². The molecule has 0 atom stereocenters. The highest BCUT2D eigenvalue weighted by Crippen LogP contribution is 2.18. The standard InChI is InChI=1S/C31H31N3O4/c1-4-5-20-37-28-18-12-26(13-19-28)31(36)38-29-16-8-24(9-17-29)21-32-33-30(35)25-10-14-27(15-11-25)34-22(2)6-7-23(34)3/h6-19,21H,4-5,20H2,1-3H3,(H,33,35). The van der Waals surface area contributed by atoms with Gasteiger partial charge in [-0.3, -0.25) is 4.79 Å². The molecule has 38 heavy (non-hydrogen) atoms. The average molecular weight is 510 g/mol. The summed E-state index contributed by atoms with van der Waals surface area (Å²) in [6.45, 7) is 6.85. The molecule has 7 heteroatoms. The molecule has 1 amide bonds. The molecule has 0 saturated carbocycles. The minimum atomic E-state index is -0.452. The number of hydrogen-bond acceptors (Lipinski definition) is 5. The van der Waals surface area contributed by atoms with Crippen molar-refractivity contribution in [1.29, 1.82) is 0 Å². The molecule has 0 aliphatic rings. The fraction of sp³-hybridized carbons (Fsp3) is 0.194. The Morgan fingerprint density at radius 1 is 0.816 bits per heavy atom.